The molecule has 0 radical (unpaired) electrons. The lowest BCUT2D eigenvalue weighted by molar-refractivity contribution is 0.432. The fraction of sp³-hybridized carbons (Fsp3) is 0.500. The fourth-order valence-corrected chi connectivity index (χ4v) is 1.72. The van der Waals surface area contributed by atoms with Crippen LogP contribution < -0.4 is 10.6 Å². The second-order valence-electron chi connectivity index (χ2n) is 4.81. The largest absolute Gasteiger partial charge is 0.505 e. The first-order valence-corrected chi connectivity index (χ1v) is 6.68. The van der Waals surface area contributed by atoms with Crippen molar-refractivity contribution in [2.45, 2.75) is 26.3 Å². The van der Waals surface area contributed by atoms with Crippen molar-refractivity contribution in [1.29, 1.82) is 0 Å². The van der Waals surface area contributed by atoms with Gasteiger partial charge < -0.3 is 15.7 Å². The highest BCUT2D eigenvalue weighted by atomic mass is 127. The number of aliphatic imine (C=N–C) groups is 1. The van der Waals surface area contributed by atoms with Crippen molar-refractivity contribution in [2.24, 2.45) is 10.9 Å². The molecule has 1 aliphatic rings. The minimum atomic E-state index is -0.608. The van der Waals surface area contributed by atoms with Crippen LogP contribution in [0, 0.1) is 11.7 Å². The molecule has 1 aromatic carbocycles. The summed E-state index contributed by atoms with van der Waals surface area (Å²) in [6, 6.07) is 4.33. The molecule has 2 rings (SSSR count). The van der Waals surface area contributed by atoms with Crippen LogP contribution in [0.15, 0.2) is 23.2 Å². The molecule has 1 fully saturated rings. The third-order valence-corrected chi connectivity index (χ3v) is 3.03. The van der Waals surface area contributed by atoms with Crippen molar-refractivity contribution >= 4 is 29.9 Å². The minimum absolute atomic E-state index is 0. The van der Waals surface area contributed by atoms with Gasteiger partial charge in [0.1, 0.15) is 0 Å². The summed E-state index contributed by atoms with van der Waals surface area (Å²) in [6.07, 6.45) is 2.57. The van der Waals surface area contributed by atoms with E-state index in [1.165, 1.54) is 25.0 Å². The van der Waals surface area contributed by atoms with E-state index in [1.54, 1.807) is 6.07 Å². The first kappa shape index (κ1) is 17.0. The Morgan fingerprint density at radius 3 is 2.75 bits per heavy atom. The van der Waals surface area contributed by atoms with Gasteiger partial charge in [0.05, 0.1) is 6.54 Å². The first-order valence-electron chi connectivity index (χ1n) is 6.68. The third-order valence-electron chi connectivity index (χ3n) is 3.03. The third kappa shape index (κ3) is 5.52. The standard InChI is InChI=1S/C14H20FN3O.HI/c1-2-16-14(17-8-10-3-4-10)18-9-11-5-6-13(19)12(15)7-11;/h5-7,10,19H,2-4,8-9H2,1H3,(H2,16,17,18);1H. The average molecular weight is 393 g/mol. The quantitative estimate of drug-likeness (QED) is 0.410. The molecule has 4 nitrogen and oxygen atoms in total. The van der Waals surface area contributed by atoms with Crippen molar-refractivity contribution in [1.82, 2.24) is 10.6 Å². The second kappa shape index (κ2) is 8.28. The second-order valence-corrected chi connectivity index (χ2v) is 4.81. The lowest BCUT2D eigenvalue weighted by atomic mass is 10.2. The minimum Gasteiger partial charge on any atom is -0.505 e. The molecule has 3 N–H and O–H groups in total. The Balaban J connectivity index is 0.00000200. The Hall–Kier alpha value is -1.05. The summed E-state index contributed by atoms with van der Waals surface area (Å²) in [6.45, 7) is 4.13. The summed E-state index contributed by atoms with van der Waals surface area (Å²) in [5, 5.41) is 15.6. The van der Waals surface area contributed by atoms with E-state index in [9.17, 15) is 4.39 Å². The maximum Gasteiger partial charge on any atom is 0.191 e. The lowest BCUT2D eigenvalue weighted by Gasteiger charge is -2.10. The zero-order valence-electron chi connectivity index (χ0n) is 11.5. The molecule has 6 heteroatoms. The van der Waals surface area contributed by atoms with Crippen molar-refractivity contribution in [3.8, 4) is 5.75 Å². The van der Waals surface area contributed by atoms with Crippen molar-refractivity contribution < 1.29 is 9.50 Å². The van der Waals surface area contributed by atoms with Gasteiger partial charge in [-0.1, -0.05) is 6.07 Å². The number of nitrogens with zero attached hydrogens (tertiary/aromatic N) is 1. The van der Waals surface area contributed by atoms with Crippen molar-refractivity contribution in [3.05, 3.63) is 29.6 Å². The molecule has 0 heterocycles. The summed E-state index contributed by atoms with van der Waals surface area (Å²) >= 11 is 0. The van der Waals surface area contributed by atoms with Crippen LogP contribution in [0.2, 0.25) is 0 Å². The fourth-order valence-electron chi connectivity index (χ4n) is 1.72. The van der Waals surface area contributed by atoms with E-state index in [0.717, 1.165) is 30.5 Å². The summed E-state index contributed by atoms with van der Waals surface area (Å²) in [5.74, 6) is 0.591. The van der Waals surface area contributed by atoms with Crippen LogP contribution in [0.1, 0.15) is 25.3 Å². The molecular weight excluding hydrogens is 372 g/mol. The van der Waals surface area contributed by atoms with Crippen LogP contribution in [0.3, 0.4) is 0 Å². The molecule has 0 aromatic heterocycles. The summed E-state index contributed by atoms with van der Waals surface area (Å²) in [4.78, 5) is 4.40. The van der Waals surface area contributed by atoms with E-state index in [4.69, 9.17) is 5.11 Å². The van der Waals surface area contributed by atoms with Crippen LogP contribution in [0.4, 0.5) is 4.39 Å². The molecule has 0 spiro atoms. The van der Waals surface area contributed by atoms with Crippen LogP contribution in [-0.4, -0.2) is 24.2 Å². The molecule has 20 heavy (non-hydrogen) atoms. The smallest absolute Gasteiger partial charge is 0.191 e. The zero-order chi connectivity index (χ0) is 13.7. The number of halogens is 2. The molecule has 1 aromatic rings. The van der Waals surface area contributed by atoms with Gasteiger partial charge in [-0.15, -0.1) is 24.0 Å². The highest BCUT2D eigenvalue weighted by Gasteiger charge is 2.20. The average Bonchev–Trinajstić information content (AvgIpc) is 3.21. The van der Waals surface area contributed by atoms with E-state index in [-0.39, 0.29) is 29.7 Å². The number of phenolic OH excluding ortho intramolecular Hbond substituents is 1. The highest BCUT2D eigenvalue weighted by Crippen LogP contribution is 2.27. The number of aromatic hydroxyl groups is 1. The van der Waals surface area contributed by atoms with Crippen LogP contribution >= 0.6 is 24.0 Å². The topological polar surface area (TPSA) is 56.7 Å². The maximum atomic E-state index is 13.2. The van der Waals surface area contributed by atoms with Gasteiger partial charge in [-0.3, -0.25) is 0 Å². The van der Waals surface area contributed by atoms with Gasteiger partial charge in [-0.05, 0) is 43.4 Å². The monoisotopic (exact) mass is 393 g/mol. The van der Waals surface area contributed by atoms with E-state index in [1.807, 2.05) is 6.92 Å². The molecule has 0 atom stereocenters. The molecule has 0 aliphatic heterocycles. The van der Waals surface area contributed by atoms with Gasteiger partial charge in [-0.2, -0.15) is 0 Å². The van der Waals surface area contributed by atoms with Crippen LogP contribution in [0.25, 0.3) is 0 Å². The normalized spacial score (nSPS) is 14.6. The Labute approximate surface area is 135 Å². The van der Waals surface area contributed by atoms with E-state index < -0.39 is 5.82 Å². The Morgan fingerprint density at radius 2 is 2.15 bits per heavy atom. The first-order chi connectivity index (χ1) is 9.19. The number of rotatable bonds is 5. The predicted molar refractivity (Wildman–Crippen MR) is 89.0 cm³/mol. The number of hydrogen-bond donors (Lipinski definition) is 3. The van der Waals surface area contributed by atoms with Gasteiger partial charge in [0, 0.05) is 13.1 Å². The van der Waals surface area contributed by atoms with Gasteiger partial charge in [0.25, 0.3) is 0 Å². The SMILES string of the molecule is CCNC(=NCc1ccc(O)c(F)c1)NCC1CC1.I. The van der Waals surface area contributed by atoms with Gasteiger partial charge in [0.15, 0.2) is 17.5 Å². The van der Waals surface area contributed by atoms with Gasteiger partial charge in [0.2, 0.25) is 0 Å². The number of benzene rings is 1. The predicted octanol–water partition coefficient (Wildman–Crippen LogP) is 2.61. The highest BCUT2D eigenvalue weighted by molar-refractivity contribution is 14.0. The molecule has 0 bridgehead atoms. The van der Waals surface area contributed by atoms with Gasteiger partial charge in [-0.25, -0.2) is 9.38 Å². The zero-order valence-corrected chi connectivity index (χ0v) is 13.9. The Kier molecular flexibility index (Phi) is 7.04. The van der Waals surface area contributed by atoms with E-state index in [2.05, 4.69) is 15.6 Å². The molecular formula is C14H21FIN3O. The number of guanidine groups is 1. The van der Waals surface area contributed by atoms with Crippen molar-refractivity contribution in [2.75, 3.05) is 13.1 Å². The molecule has 0 unspecified atom stereocenters. The van der Waals surface area contributed by atoms with Crippen LogP contribution in [-0.2, 0) is 6.54 Å². The summed E-state index contributed by atoms with van der Waals surface area (Å²) < 4.78 is 13.2. The van der Waals surface area contributed by atoms with Gasteiger partial charge >= 0.3 is 0 Å². The number of phenols is 1. The maximum absolute atomic E-state index is 13.2. The van der Waals surface area contributed by atoms with Crippen molar-refractivity contribution in [3.63, 3.8) is 0 Å². The Morgan fingerprint density at radius 1 is 1.40 bits per heavy atom. The summed E-state index contributed by atoms with van der Waals surface area (Å²) in [7, 11) is 0. The number of hydrogen-bond acceptors (Lipinski definition) is 2. The molecule has 0 saturated heterocycles. The molecule has 1 saturated carbocycles. The molecule has 112 valence electrons. The number of nitrogens with one attached hydrogen (secondary N) is 2. The van der Waals surface area contributed by atoms with E-state index >= 15 is 0 Å². The lowest BCUT2D eigenvalue weighted by Crippen LogP contribution is -2.38. The Bertz CT molecular complexity index is 464. The molecule has 1 aliphatic carbocycles. The van der Waals surface area contributed by atoms with E-state index in [0.29, 0.717) is 6.54 Å². The summed E-state index contributed by atoms with van der Waals surface area (Å²) in [5.41, 5.74) is 0.735. The van der Waals surface area contributed by atoms with Crippen LogP contribution in [0.5, 0.6) is 5.75 Å². The molecule has 0 amide bonds.